The predicted molar refractivity (Wildman–Crippen MR) is 78.3 cm³/mol. The number of aliphatic hydroxyl groups excluding tert-OH is 1. The molecule has 0 aliphatic carbocycles. The third kappa shape index (κ3) is 3.56. The average molecular weight is 277 g/mol. The van der Waals surface area contributed by atoms with E-state index in [-0.39, 0.29) is 18.8 Å². The van der Waals surface area contributed by atoms with E-state index in [2.05, 4.69) is 12.3 Å². The number of rotatable bonds is 6. The van der Waals surface area contributed by atoms with Crippen LogP contribution in [0.3, 0.4) is 0 Å². The minimum atomic E-state index is -0.128. The second kappa shape index (κ2) is 6.70. The lowest BCUT2D eigenvalue weighted by atomic mass is 10.0. The Morgan fingerprint density at radius 3 is 2.53 bits per heavy atom. The van der Waals surface area contributed by atoms with Gasteiger partial charge in [-0.2, -0.15) is 11.3 Å². The standard InChI is InChI=1S/C15H19NO2S/c1-2-14(16)15(12-7-8-19-10-12)18-13-5-3-11(9-17)4-6-13/h3-8,10,14-15,17H,2,9,16H2,1H3. The molecule has 1 aromatic heterocycles. The highest BCUT2D eigenvalue weighted by atomic mass is 32.1. The van der Waals surface area contributed by atoms with Crippen LogP contribution in [0, 0.1) is 0 Å². The van der Waals surface area contributed by atoms with E-state index < -0.39 is 0 Å². The molecule has 0 spiro atoms. The van der Waals surface area contributed by atoms with Gasteiger partial charge in [0.15, 0.2) is 0 Å². The van der Waals surface area contributed by atoms with Crippen molar-refractivity contribution in [3.8, 4) is 5.75 Å². The maximum Gasteiger partial charge on any atom is 0.140 e. The van der Waals surface area contributed by atoms with Gasteiger partial charge in [-0.1, -0.05) is 19.1 Å². The molecule has 4 heteroatoms. The summed E-state index contributed by atoms with van der Waals surface area (Å²) in [7, 11) is 0. The maximum absolute atomic E-state index is 9.03. The van der Waals surface area contributed by atoms with Gasteiger partial charge < -0.3 is 15.6 Å². The molecule has 19 heavy (non-hydrogen) atoms. The van der Waals surface area contributed by atoms with Crippen LogP contribution in [-0.4, -0.2) is 11.1 Å². The van der Waals surface area contributed by atoms with Gasteiger partial charge in [0.25, 0.3) is 0 Å². The molecule has 2 atom stereocenters. The number of hydrogen-bond donors (Lipinski definition) is 2. The van der Waals surface area contributed by atoms with Crippen molar-refractivity contribution >= 4 is 11.3 Å². The van der Waals surface area contributed by atoms with Gasteiger partial charge in [0.2, 0.25) is 0 Å². The number of benzene rings is 1. The fourth-order valence-electron chi connectivity index (χ4n) is 1.87. The van der Waals surface area contributed by atoms with Crippen molar-refractivity contribution in [2.45, 2.75) is 32.1 Å². The fourth-order valence-corrected chi connectivity index (χ4v) is 2.56. The van der Waals surface area contributed by atoms with Crippen LogP contribution in [0.4, 0.5) is 0 Å². The average Bonchev–Trinajstić information content (AvgIpc) is 2.98. The SMILES string of the molecule is CCC(N)C(Oc1ccc(CO)cc1)c1ccsc1. The van der Waals surface area contributed by atoms with E-state index in [1.54, 1.807) is 11.3 Å². The van der Waals surface area contributed by atoms with E-state index in [4.69, 9.17) is 15.6 Å². The Morgan fingerprint density at radius 2 is 2.00 bits per heavy atom. The first kappa shape index (κ1) is 14.1. The van der Waals surface area contributed by atoms with Gasteiger partial charge in [0.1, 0.15) is 11.9 Å². The van der Waals surface area contributed by atoms with Crippen LogP contribution in [-0.2, 0) is 6.61 Å². The van der Waals surface area contributed by atoms with E-state index in [0.29, 0.717) is 0 Å². The molecule has 0 amide bonds. The molecule has 0 aliphatic heterocycles. The van der Waals surface area contributed by atoms with Gasteiger partial charge >= 0.3 is 0 Å². The lowest BCUT2D eigenvalue weighted by molar-refractivity contribution is 0.171. The molecular weight excluding hydrogens is 258 g/mol. The largest absolute Gasteiger partial charge is 0.484 e. The van der Waals surface area contributed by atoms with E-state index in [1.165, 1.54) is 0 Å². The summed E-state index contributed by atoms with van der Waals surface area (Å²) in [6.07, 6.45) is 0.728. The normalized spacial score (nSPS) is 14.1. The molecule has 102 valence electrons. The van der Waals surface area contributed by atoms with Gasteiger partial charge in [-0.05, 0) is 40.9 Å². The summed E-state index contributed by atoms with van der Waals surface area (Å²) in [6.45, 7) is 2.10. The Balaban J connectivity index is 2.15. The third-order valence-electron chi connectivity index (χ3n) is 3.10. The lowest BCUT2D eigenvalue weighted by Gasteiger charge is -2.23. The molecule has 0 fully saturated rings. The zero-order valence-corrected chi connectivity index (χ0v) is 11.8. The van der Waals surface area contributed by atoms with E-state index in [0.717, 1.165) is 23.3 Å². The molecule has 1 aromatic carbocycles. The van der Waals surface area contributed by atoms with Crippen molar-refractivity contribution in [2.24, 2.45) is 5.73 Å². The highest BCUT2D eigenvalue weighted by Crippen LogP contribution is 2.27. The summed E-state index contributed by atoms with van der Waals surface area (Å²) < 4.78 is 6.01. The van der Waals surface area contributed by atoms with Crippen molar-refractivity contribution in [3.63, 3.8) is 0 Å². The molecule has 3 N–H and O–H groups in total. The second-order valence-electron chi connectivity index (χ2n) is 4.47. The summed E-state index contributed by atoms with van der Waals surface area (Å²) in [5.41, 5.74) is 8.14. The highest BCUT2D eigenvalue weighted by molar-refractivity contribution is 7.07. The minimum absolute atomic E-state index is 0.0351. The van der Waals surface area contributed by atoms with E-state index in [9.17, 15) is 0 Å². The molecule has 2 unspecified atom stereocenters. The zero-order chi connectivity index (χ0) is 13.7. The summed E-state index contributed by atoms with van der Waals surface area (Å²) in [5, 5.41) is 13.1. The molecule has 0 aliphatic rings. The Labute approximate surface area is 117 Å². The molecule has 2 aromatic rings. The Hall–Kier alpha value is -1.36. The summed E-state index contributed by atoms with van der Waals surface area (Å²) in [6, 6.07) is 9.47. The van der Waals surface area contributed by atoms with Gasteiger partial charge in [-0.25, -0.2) is 0 Å². The minimum Gasteiger partial charge on any atom is -0.484 e. The van der Waals surface area contributed by atoms with Gasteiger partial charge in [0, 0.05) is 11.6 Å². The topological polar surface area (TPSA) is 55.5 Å². The number of hydrogen-bond acceptors (Lipinski definition) is 4. The molecule has 1 heterocycles. The van der Waals surface area contributed by atoms with Crippen LogP contribution in [0.1, 0.15) is 30.6 Å². The number of ether oxygens (including phenoxy) is 1. The summed E-state index contributed by atoms with van der Waals surface area (Å²) in [4.78, 5) is 0. The van der Waals surface area contributed by atoms with E-state index >= 15 is 0 Å². The Kier molecular flexibility index (Phi) is 4.96. The molecular formula is C15H19NO2S. The zero-order valence-electron chi connectivity index (χ0n) is 11.0. The first-order chi connectivity index (χ1) is 9.24. The van der Waals surface area contributed by atoms with Crippen LogP contribution < -0.4 is 10.5 Å². The fraction of sp³-hybridized carbons (Fsp3) is 0.333. The first-order valence-electron chi connectivity index (χ1n) is 6.38. The molecule has 0 radical (unpaired) electrons. The van der Waals surface area contributed by atoms with Crippen LogP contribution in [0.2, 0.25) is 0 Å². The number of nitrogens with two attached hydrogens (primary N) is 1. The third-order valence-corrected chi connectivity index (χ3v) is 3.80. The quantitative estimate of drug-likeness (QED) is 0.853. The summed E-state index contributed by atoms with van der Waals surface area (Å²) >= 11 is 1.64. The number of thiophene rings is 1. The Bertz CT molecular complexity index is 481. The van der Waals surface area contributed by atoms with Crippen LogP contribution in [0.15, 0.2) is 41.1 Å². The van der Waals surface area contributed by atoms with Crippen molar-refractivity contribution in [2.75, 3.05) is 0 Å². The molecule has 2 rings (SSSR count). The molecule has 0 saturated carbocycles. The Morgan fingerprint density at radius 1 is 1.26 bits per heavy atom. The highest BCUT2D eigenvalue weighted by Gasteiger charge is 2.20. The molecule has 0 bridgehead atoms. The molecule has 3 nitrogen and oxygen atoms in total. The first-order valence-corrected chi connectivity index (χ1v) is 7.33. The van der Waals surface area contributed by atoms with E-state index in [1.807, 2.05) is 35.7 Å². The second-order valence-corrected chi connectivity index (χ2v) is 5.25. The van der Waals surface area contributed by atoms with Crippen molar-refractivity contribution in [1.29, 1.82) is 0 Å². The van der Waals surface area contributed by atoms with Crippen molar-refractivity contribution in [1.82, 2.24) is 0 Å². The number of aliphatic hydroxyl groups is 1. The lowest BCUT2D eigenvalue weighted by Crippen LogP contribution is -2.31. The monoisotopic (exact) mass is 277 g/mol. The van der Waals surface area contributed by atoms with Crippen molar-refractivity contribution < 1.29 is 9.84 Å². The van der Waals surface area contributed by atoms with Crippen LogP contribution in [0.25, 0.3) is 0 Å². The van der Waals surface area contributed by atoms with Crippen molar-refractivity contribution in [3.05, 3.63) is 52.2 Å². The smallest absolute Gasteiger partial charge is 0.140 e. The maximum atomic E-state index is 9.03. The summed E-state index contributed by atoms with van der Waals surface area (Å²) in [5.74, 6) is 0.775. The van der Waals surface area contributed by atoms with Gasteiger partial charge in [-0.3, -0.25) is 0 Å². The van der Waals surface area contributed by atoms with Crippen LogP contribution in [0.5, 0.6) is 5.75 Å². The van der Waals surface area contributed by atoms with Crippen LogP contribution >= 0.6 is 11.3 Å². The molecule has 0 saturated heterocycles. The predicted octanol–water partition coefficient (Wildman–Crippen LogP) is 3.10. The van der Waals surface area contributed by atoms with Gasteiger partial charge in [0.05, 0.1) is 6.61 Å². The van der Waals surface area contributed by atoms with Gasteiger partial charge in [-0.15, -0.1) is 0 Å².